The minimum absolute atomic E-state index is 0.0160. The van der Waals surface area contributed by atoms with E-state index >= 15 is 0 Å². The van der Waals surface area contributed by atoms with Crippen molar-refractivity contribution in [3.63, 3.8) is 0 Å². The third-order valence-electron chi connectivity index (χ3n) is 5.61. The van der Waals surface area contributed by atoms with Crippen LogP contribution in [0.1, 0.15) is 24.9 Å². The van der Waals surface area contributed by atoms with Crippen molar-refractivity contribution in [2.75, 3.05) is 30.4 Å². The molecule has 174 valence electrons. The molecule has 4 rings (SSSR count). The van der Waals surface area contributed by atoms with Crippen molar-refractivity contribution in [2.24, 2.45) is 7.05 Å². The number of thioether (sulfide) groups is 1. The number of aromatic nitrogens is 1. The Hall–Kier alpha value is -2.91. The van der Waals surface area contributed by atoms with Crippen LogP contribution in [-0.2, 0) is 21.4 Å². The number of hydrogen-bond acceptors (Lipinski definition) is 4. The van der Waals surface area contributed by atoms with Crippen molar-refractivity contribution in [3.05, 3.63) is 59.7 Å². The van der Waals surface area contributed by atoms with E-state index in [1.165, 1.54) is 17.8 Å². The van der Waals surface area contributed by atoms with Crippen molar-refractivity contribution >= 4 is 40.2 Å². The van der Waals surface area contributed by atoms with E-state index in [0.717, 1.165) is 33.0 Å². The van der Waals surface area contributed by atoms with Crippen LogP contribution in [-0.4, -0.2) is 41.9 Å². The number of amides is 2. The minimum Gasteiger partial charge on any atom is -0.382 e. The molecule has 3 aromatic rings. The first-order chi connectivity index (χ1) is 15.9. The number of halogens is 2. The second-order valence-electron chi connectivity index (χ2n) is 7.69. The lowest BCUT2D eigenvalue weighted by Crippen LogP contribution is -2.44. The van der Waals surface area contributed by atoms with E-state index in [1.807, 2.05) is 42.8 Å². The fourth-order valence-electron chi connectivity index (χ4n) is 4.14. The molecule has 6 nitrogen and oxygen atoms in total. The van der Waals surface area contributed by atoms with Gasteiger partial charge < -0.3 is 14.6 Å². The van der Waals surface area contributed by atoms with Crippen LogP contribution in [0.3, 0.4) is 0 Å². The van der Waals surface area contributed by atoms with Crippen LogP contribution in [0.15, 0.2) is 47.5 Å². The Balaban J connectivity index is 1.83. The Labute approximate surface area is 194 Å². The Morgan fingerprint density at radius 2 is 2.03 bits per heavy atom. The van der Waals surface area contributed by atoms with Gasteiger partial charge in [0.1, 0.15) is 17.7 Å². The fraction of sp³-hybridized carbons (Fsp3) is 0.333. The number of aryl methyl sites for hydroxylation is 1. The molecule has 2 heterocycles. The zero-order valence-corrected chi connectivity index (χ0v) is 19.3. The van der Waals surface area contributed by atoms with Gasteiger partial charge in [0.05, 0.1) is 16.5 Å². The highest BCUT2D eigenvalue weighted by Gasteiger charge is 2.40. The summed E-state index contributed by atoms with van der Waals surface area (Å²) in [6, 6.07) is 9.49. The molecule has 1 aliphatic heterocycles. The summed E-state index contributed by atoms with van der Waals surface area (Å²) < 4.78 is 35.8. The number of para-hydroxylation sites is 1. The Kier molecular flexibility index (Phi) is 6.99. The summed E-state index contributed by atoms with van der Waals surface area (Å²) in [5.41, 5.74) is 1.41. The monoisotopic (exact) mass is 473 g/mol. The molecule has 0 bridgehead atoms. The van der Waals surface area contributed by atoms with Crippen LogP contribution >= 0.6 is 11.8 Å². The smallest absolute Gasteiger partial charge is 0.247 e. The van der Waals surface area contributed by atoms with E-state index in [9.17, 15) is 18.4 Å². The number of nitrogens with zero attached hydrogens (tertiary/aromatic N) is 2. The molecule has 0 radical (unpaired) electrons. The van der Waals surface area contributed by atoms with Crippen molar-refractivity contribution in [1.82, 2.24) is 9.88 Å². The standard InChI is InChI=1S/C24H25F2N3O3S/c1-3-32-12-6-11-27-23(31)22-21-16-7-4-5-8-18(16)28(2)24(21)33-14-20(30)29(22)19-10-9-15(25)13-17(19)26/h4-5,7-10,13,22H,3,6,11-12,14H2,1-2H3,(H,27,31). The highest BCUT2D eigenvalue weighted by molar-refractivity contribution is 8.00. The van der Waals surface area contributed by atoms with Crippen LogP contribution in [0.2, 0.25) is 0 Å². The van der Waals surface area contributed by atoms with Crippen LogP contribution in [0.4, 0.5) is 14.5 Å². The average molecular weight is 474 g/mol. The van der Waals surface area contributed by atoms with Crippen molar-refractivity contribution < 1.29 is 23.1 Å². The van der Waals surface area contributed by atoms with Gasteiger partial charge in [-0.1, -0.05) is 30.0 Å². The van der Waals surface area contributed by atoms with Gasteiger partial charge in [-0.2, -0.15) is 0 Å². The molecule has 1 N–H and O–H groups in total. The number of hydrogen-bond donors (Lipinski definition) is 1. The number of fused-ring (bicyclic) bond motifs is 3. The largest absolute Gasteiger partial charge is 0.382 e. The molecule has 33 heavy (non-hydrogen) atoms. The lowest BCUT2D eigenvalue weighted by molar-refractivity contribution is -0.125. The molecule has 1 atom stereocenters. The quantitative estimate of drug-likeness (QED) is 0.523. The number of rotatable bonds is 7. The molecule has 1 aromatic heterocycles. The van der Waals surface area contributed by atoms with Gasteiger partial charge in [0, 0.05) is 49.3 Å². The second-order valence-corrected chi connectivity index (χ2v) is 8.65. The van der Waals surface area contributed by atoms with Gasteiger partial charge in [0.15, 0.2) is 0 Å². The van der Waals surface area contributed by atoms with E-state index in [1.54, 1.807) is 0 Å². The summed E-state index contributed by atoms with van der Waals surface area (Å²) >= 11 is 1.31. The van der Waals surface area contributed by atoms with E-state index in [2.05, 4.69) is 5.32 Å². The maximum Gasteiger partial charge on any atom is 0.247 e. The summed E-state index contributed by atoms with van der Waals surface area (Å²) in [5.74, 6) is -2.49. The average Bonchev–Trinajstić information content (AvgIpc) is 2.97. The van der Waals surface area contributed by atoms with Crippen molar-refractivity contribution in [2.45, 2.75) is 24.4 Å². The van der Waals surface area contributed by atoms with Gasteiger partial charge in [-0.3, -0.25) is 14.5 Å². The van der Waals surface area contributed by atoms with Crippen LogP contribution in [0.25, 0.3) is 10.9 Å². The lowest BCUT2D eigenvalue weighted by atomic mass is 10.0. The van der Waals surface area contributed by atoms with Crippen LogP contribution < -0.4 is 10.2 Å². The highest BCUT2D eigenvalue weighted by atomic mass is 32.2. The van der Waals surface area contributed by atoms with Gasteiger partial charge in [-0.25, -0.2) is 8.78 Å². The van der Waals surface area contributed by atoms with Gasteiger partial charge in [0.25, 0.3) is 0 Å². The predicted octanol–water partition coefficient (Wildman–Crippen LogP) is 4.18. The Morgan fingerprint density at radius 3 is 2.79 bits per heavy atom. The predicted molar refractivity (Wildman–Crippen MR) is 124 cm³/mol. The first-order valence-electron chi connectivity index (χ1n) is 10.8. The molecular weight excluding hydrogens is 448 g/mol. The molecule has 0 fully saturated rings. The summed E-state index contributed by atoms with van der Waals surface area (Å²) in [6.07, 6.45) is 0.600. The summed E-state index contributed by atoms with van der Waals surface area (Å²) in [4.78, 5) is 27.9. The SMILES string of the molecule is CCOCCCNC(=O)C1c2c(n(C)c3ccccc23)SCC(=O)N1c1ccc(F)cc1F. The number of carbonyl (C=O) groups is 2. The molecule has 0 saturated heterocycles. The van der Waals surface area contributed by atoms with E-state index in [0.29, 0.717) is 31.7 Å². The van der Waals surface area contributed by atoms with E-state index in [4.69, 9.17) is 4.74 Å². The molecule has 0 saturated carbocycles. The van der Waals surface area contributed by atoms with Gasteiger partial charge >= 0.3 is 0 Å². The maximum atomic E-state index is 14.9. The molecule has 1 aliphatic rings. The molecule has 2 aromatic carbocycles. The second kappa shape index (κ2) is 9.93. The fourth-order valence-corrected chi connectivity index (χ4v) is 5.20. The molecule has 1 unspecified atom stereocenters. The third kappa shape index (κ3) is 4.47. The first kappa shape index (κ1) is 23.3. The minimum atomic E-state index is -1.11. The van der Waals surface area contributed by atoms with Crippen LogP contribution in [0.5, 0.6) is 0 Å². The van der Waals surface area contributed by atoms with E-state index < -0.39 is 29.5 Å². The zero-order valence-electron chi connectivity index (χ0n) is 18.4. The number of nitrogens with one attached hydrogen (secondary N) is 1. The van der Waals surface area contributed by atoms with Crippen molar-refractivity contribution in [1.29, 1.82) is 0 Å². The van der Waals surface area contributed by atoms with Gasteiger partial charge in [-0.05, 0) is 31.5 Å². The number of ether oxygens (including phenoxy) is 1. The Bertz CT molecular complexity index is 1200. The zero-order chi connectivity index (χ0) is 23.5. The van der Waals surface area contributed by atoms with Crippen molar-refractivity contribution in [3.8, 4) is 0 Å². The van der Waals surface area contributed by atoms with Gasteiger partial charge in [-0.15, -0.1) is 0 Å². The molecular formula is C24H25F2N3O3S. The summed E-state index contributed by atoms with van der Waals surface area (Å²) in [6.45, 7) is 3.31. The number of benzene rings is 2. The maximum absolute atomic E-state index is 14.9. The molecule has 0 spiro atoms. The van der Waals surface area contributed by atoms with E-state index in [-0.39, 0.29) is 11.4 Å². The number of anilines is 1. The Morgan fingerprint density at radius 1 is 1.24 bits per heavy atom. The summed E-state index contributed by atoms with van der Waals surface area (Å²) in [7, 11) is 1.88. The molecule has 9 heteroatoms. The normalized spacial score (nSPS) is 16.1. The third-order valence-corrected chi connectivity index (χ3v) is 6.77. The summed E-state index contributed by atoms with van der Waals surface area (Å²) in [5, 5.41) is 4.45. The first-order valence-corrected chi connectivity index (χ1v) is 11.7. The topological polar surface area (TPSA) is 63.6 Å². The van der Waals surface area contributed by atoms with Gasteiger partial charge in [0.2, 0.25) is 11.8 Å². The number of carbonyl (C=O) groups excluding carboxylic acids is 2. The highest BCUT2D eigenvalue weighted by Crippen LogP contribution is 2.43. The lowest BCUT2D eigenvalue weighted by Gasteiger charge is -2.30. The molecule has 0 aliphatic carbocycles. The molecule has 2 amide bonds. The van der Waals surface area contributed by atoms with Crippen LogP contribution in [0, 0.1) is 11.6 Å².